The van der Waals surface area contributed by atoms with Crippen LogP contribution in [0.2, 0.25) is 0 Å². The van der Waals surface area contributed by atoms with Gasteiger partial charge in [0.1, 0.15) is 0 Å². The molecule has 2 rings (SSSR count). The fourth-order valence-electron chi connectivity index (χ4n) is 1.86. The molecule has 0 saturated heterocycles. The zero-order valence-electron chi connectivity index (χ0n) is 11.4. The number of benzene rings is 2. The lowest BCUT2D eigenvalue weighted by Gasteiger charge is -2.09. The van der Waals surface area contributed by atoms with Crippen LogP contribution in [0.25, 0.3) is 0 Å². The quantitative estimate of drug-likeness (QED) is 0.648. The minimum absolute atomic E-state index is 0.132. The first-order valence-corrected chi connectivity index (χ1v) is 6.59. The van der Waals surface area contributed by atoms with E-state index in [2.05, 4.69) is 0 Å². The first kappa shape index (κ1) is 14.7. The van der Waals surface area contributed by atoms with Crippen molar-refractivity contribution >= 4 is 5.97 Å². The third kappa shape index (κ3) is 4.38. The highest BCUT2D eigenvalue weighted by Gasteiger charge is 2.14. The summed E-state index contributed by atoms with van der Waals surface area (Å²) in [7, 11) is 0. The molecule has 0 aromatic heterocycles. The van der Waals surface area contributed by atoms with Crippen molar-refractivity contribution in [1.29, 1.82) is 0 Å². The predicted octanol–water partition coefficient (Wildman–Crippen LogP) is 3.76. The standard InChI is InChI=1S/C17H16O4/c18-16(19)15(12-11-13-7-3-1-4-8-13)21-17(20)14-9-5-2-6-10-14/h1-10,18-19H,11-12H2. The van der Waals surface area contributed by atoms with Crippen molar-refractivity contribution in [2.75, 3.05) is 0 Å². The molecule has 0 radical (unpaired) electrons. The Labute approximate surface area is 122 Å². The molecule has 0 heterocycles. The summed E-state index contributed by atoms with van der Waals surface area (Å²) in [6.45, 7) is 0. The molecule has 0 spiro atoms. The van der Waals surface area contributed by atoms with Crippen molar-refractivity contribution in [3.8, 4) is 0 Å². The molecular formula is C17H16O4. The SMILES string of the molecule is O=C(OC(CCc1ccccc1)=C(O)O)c1ccccc1. The Morgan fingerprint density at radius 2 is 1.48 bits per heavy atom. The molecule has 0 unspecified atom stereocenters. The van der Waals surface area contributed by atoms with E-state index in [0.29, 0.717) is 12.0 Å². The van der Waals surface area contributed by atoms with Crippen LogP contribution < -0.4 is 0 Å². The van der Waals surface area contributed by atoms with Gasteiger partial charge < -0.3 is 14.9 Å². The number of ether oxygens (including phenoxy) is 1. The number of rotatable bonds is 5. The maximum atomic E-state index is 11.9. The van der Waals surface area contributed by atoms with Crippen LogP contribution in [0.4, 0.5) is 0 Å². The van der Waals surface area contributed by atoms with Gasteiger partial charge in [0.15, 0.2) is 5.76 Å². The van der Waals surface area contributed by atoms with Gasteiger partial charge in [0, 0.05) is 6.42 Å². The number of allylic oxidation sites excluding steroid dienone is 1. The Kier molecular flexibility index (Phi) is 4.99. The van der Waals surface area contributed by atoms with Gasteiger partial charge in [-0.25, -0.2) is 4.79 Å². The second kappa shape index (κ2) is 7.14. The first-order chi connectivity index (χ1) is 10.2. The fraction of sp³-hybridized carbons (Fsp3) is 0.118. The second-order valence-electron chi connectivity index (χ2n) is 4.49. The third-order valence-corrected chi connectivity index (χ3v) is 2.96. The number of carbonyl (C=O) groups is 1. The van der Waals surface area contributed by atoms with Crippen molar-refractivity contribution in [3.63, 3.8) is 0 Å². The molecule has 0 atom stereocenters. The molecule has 0 saturated carbocycles. The number of aryl methyl sites for hydroxylation is 1. The molecule has 21 heavy (non-hydrogen) atoms. The molecule has 4 nitrogen and oxygen atoms in total. The summed E-state index contributed by atoms with van der Waals surface area (Å²) in [6.07, 6.45) is 0.772. The van der Waals surface area contributed by atoms with E-state index in [1.807, 2.05) is 30.3 Å². The number of aliphatic hydroxyl groups is 2. The van der Waals surface area contributed by atoms with Gasteiger partial charge in [0.25, 0.3) is 0 Å². The van der Waals surface area contributed by atoms with Crippen molar-refractivity contribution in [1.82, 2.24) is 0 Å². The van der Waals surface area contributed by atoms with Crippen LogP contribution in [0.5, 0.6) is 0 Å². The average Bonchev–Trinajstić information content (AvgIpc) is 2.52. The van der Waals surface area contributed by atoms with Gasteiger partial charge in [-0.15, -0.1) is 0 Å². The Morgan fingerprint density at radius 1 is 0.905 bits per heavy atom. The summed E-state index contributed by atoms with van der Waals surface area (Å²) >= 11 is 0. The summed E-state index contributed by atoms with van der Waals surface area (Å²) in [5.41, 5.74) is 1.38. The molecular weight excluding hydrogens is 268 g/mol. The Hall–Kier alpha value is -2.75. The normalized spacial score (nSPS) is 9.90. The minimum atomic E-state index is -0.963. The van der Waals surface area contributed by atoms with Gasteiger partial charge in [0.05, 0.1) is 5.56 Å². The lowest BCUT2D eigenvalue weighted by Crippen LogP contribution is -2.08. The Bertz CT molecular complexity index is 614. The Morgan fingerprint density at radius 3 is 2.05 bits per heavy atom. The number of carbonyl (C=O) groups excluding carboxylic acids is 1. The zero-order chi connectivity index (χ0) is 15.1. The molecule has 0 aliphatic carbocycles. The third-order valence-electron chi connectivity index (χ3n) is 2.96. The van der Waals surface area contributed by atoms with E-state index in [9.17, 15) is 15.0 Å². The average molecular weight is 284 g/mol. The first-order valence-electron chi connectivity index (χ1n) is 6.59. The molecule has 2 N–H and O–H groups in total. The zero-order valence-corrected chi connectivity index (χ0v) is 11.4. The van der Waals surface area contributed by atoms with E-state index in [1.54, 1.807) is 30.3 Å². The highest BCUT2D eigenvalue weighted by Crippen LogP contribution is 2.15. The monoisotopic (exact) mass is 284 g/mol. The predicted molar refractivity (Wildman–Crippen MR) is 78.9 cm³/mol. The molecule has 0 aliphatic heterocycles. The number of esters is 1. The molecule has 2 aromatic carbocycles. The number of aliphatic hydroxyl groups excluding tert-OH is 1. The summed E-state index contributed by atoms with van der Waals surface area (Å²) < 4.78 is 5.06. The molecule has 0 bridgehead atoms. The van der Waals surface area contributed by atoms with Crippen LogP contribution in [0, 0.1) is 0 Å². The van der Waals surface area contributed by atoms with Gasteiger partial charge in [-0.3, -0.25) is 0 Å². The van der Waals surface area contributed by atoms with Crippen molar-refractivity contribution in [2.45, 2.75) is 12.8 Å². The van der Waals surface area contributed by atoms with Crippen LogP contribution in [0.15, 0.2) is 72.4 Å². The second-order valence-corrected chi connectivity index (χ2v) is 4.49. The summed E-state index contributed by atoms with van der Waals surface area (Å²) in [5.74, 6) is -1.71. The molecule has 0 aliphatic rings. The van der Waals surface area contributed by atoms with E-state index in [1.165, 1.54) is 0 Å². The largest absolute Gasteiger partial charge is 0.479 e. The van der Waals surface area contributed by atoms with E-state index < -0.39 is 11.9 Å². The minimum Gasteiger partial charge on any atom is -0.479 e. The Balaban J connectivity index is 2.01. The van der Waals surface area contributed by atoms with E-state index in [0.717, 1.165) is 5.56 Å². The van der Waals surface area contributed by atoms with E-state index >= 15 is 0 Å². The van der Waals surface area contributed by atoms with Crippen LogP contribution in [0.1, 0.15) is 22.3 Å². The van der Waals surface area contributed by atoms with Gasteiger partial charge in [-0.2, -0.15) is 0 Å². The van der Waals surface area contributed by atoms with E-state index in [-0.39, 0.29) is 12.2 Å². The highest BCUT2D eigenvalue weighted by atomic mass is 16.6. The van der Waals surface area contributed by atoms with Crippen LogP contribution in [0.3, 0.4) is 0 Å². The lowest BCUT2D eigenvalue weighted by molar-refractivity contribution is 0.0541. The summed E-state index contributed by atoms with van der Waals surface area (Å²) in [4.78, 5) is 11.9. The van der Waals surface area contributed by atoms with Crippen molar-refractivity contribution in [3.05, 3.63) is 83.5 Å². The molecule has 108 valence electrons. The van der Waals surface area contributed by atoms with Crippen LogP contribution >= 0.6 is 0 Å². The van der Waals surface area contributed by atoms with Gasteiger partial charge in [-0.1, -0.05) is 48.5 Å². The topological polar surface area (TPSA) is 66.8 Å². The fourth-order valence-corrected chi connectivity index (χ4v) is 1.86. The molecule has 4 heteroatoms. The smallest absolute Gasteiger partial charge is 0.343 e. The van der Waals surface area contributed by atoms with Crippen molar-refractivity contribution in [2.24, 2.45) is 0 Å². The lowest BCUT2D eigenvalue weighted by atomic mass is 10.1. The van der Waals surface area contributed by atoms with Crippen LogP contribution in [-0.2, 0) is 11.2 Å². The molecule has 2 aromatic rings. The molecule has 0 fully saturated rings. The highest BCUT2D eigenvalue weighted by molar-refractivity contribution is 5.89. The van der Waals surface area contributed by atoms with Gasteiger partial charge in [0.2, 0.25) is 0 Å². The maximum absolute atomic E-state index is 11.9. The number of hydrogen-bond acceptors (Lipinski definition) is 4. The van der Waals surface area contributed by atoms with Crippen molar-refractivity contribution < 1.29 is 19.7 Å². The molecule has 0 amide bonds. The van der Waals surface area contributed by atoms with Gasteiger partial charge >= 0.3 is 11.9 Å². The summed E-state index contributed by atoms with van der Waals surface area (Å²) in [6, 6.07) is 17.9. The van der Waals surface area contributed by atoms with E-state index in [4.69, 9.17) is 4.74 Å². The summed E-state index contributed by atoms with van der Waals surface area (Å²) in [5, 5.41) is 18.5. The van der Waals surface area contributed by atoms with Gasteiger partial charge in [-0.05, 0) is 24.1 Å². The number of hydrogen-bond donors (Lipinski definition) is 2. The maximum Gasteiger partial charge on any atom is 0.343 e. The van der Waals surface area contributed by atoms with Crippen LogP contribution in [-0.4, -0.2) is 16.2 Å².